The number of hydrogen-bond donors (Lipinski definition) is 4. The number of urea groups is 1. The Bertz CT molecular complexity index is 472. The van der Waals surface area contributed by atoms with E-state index >= 15 is 0 Å². The van der Waals surface area contributed by atoms with E-state index in [-0.39, 0.29) is 18.5 Å². The minimum absolute atomic E-state index is 0.135. The Morgan fingerprint density at radius 2 is 1.90 bits per heavy atom. The molecule has 4 N–H and O–H groups in total. The molecule has 1 fully saturated rings. The molecule has 6 heteroatoms. The van der Waals surface area contributed by atoms with Gasteiger partial charge in [-0.1, -0.05) is 30.3 Å². The lowest BCUT2D eigenvalue weighted by Crippen LogP contribution is -2.47. The zero-order chi connectivity index (χ0) is 15.1. The topological polar surface area (TPSA) is 90.5 Å². The van der Waals surface area contributed by atoms with E-state index in [0.717, 1.165) is 31.5 Å². The van der Waals surface area contributed by atoms with Crippen LogP contribution in [-0.2, 0) is 4.79 Å². The van der Waals surface area contributed by atoms with E-state index in [1.165, 1.54) is 0 Å². The summed E-state index contributed by atoms with van der Waals surface area (Å²) in [6.45, 7) is 1.78. The van der Waals surface area contributed by atoms with Gasteiger partial charge in [0.1, 0.15) is 0 Å². The van der Waals surface area contributed by atoms with Crippen molar-refractivity contribution in [1.29, 1.82) is 0 Å². The fourth-order valence-electron chi connectivity index (χ4n) is 2.46. The molecule has 0 saturated carbocycles. The highest BCUT2D eigenvalue weighted by atomic mass is 16.4. The summed E-state index contributed by atoms with van der Waals surface area (Å²) in [5.74, 6) is -0.939. The molecule has 0 aliphatic carbocycles. The van der Waals surface area contributed by atoms with Crippen LogP contribution in [0.2, 0.25) is 0 Å². The predicted octanol–water partition coefficient (Wildman–Crippen LogP) is 1.25. The van der Waals surface area contributed by atoms with Crippen LogP contribution in [0.4, 0.5) is 4.79 Å². The van der Waals surface area contributed by atoms with Crippen LogP contribution in [0.5, 0.6) is 0 Å². The zero-order valence-corrected chi connectivity index (χ0v) is 11.8. The standard InChI is InChI=1S/C15H21N3O3/c19-14(20)10-13(11-4-2-1-3-5-11)18-15(21)17-12-6-8-16-9-7-12/h1-5,12-13,16H,6-10H2,(H,19,20)(H2,17,18,21). The fourth-order valence-corrected chi connectivity index (χ4v) is 2.46. The van der Waals surface area contributed by atoms with E-state index in [9.17, 15) is 9.59 Å². The number of aliphatic carboxylic acids is 1. The molecule has 0 aromatic heterocycles. The lowest BCUT2D eigenvalue weighted by atomic mass is 10.0. The second-order valence-corrected chi connectivity index (χ2v) is 5.20. The maximum Gasteiger partial charge on any atom is 0.315 e. The molecule has 1 atom stereocenters. The summed E-state index contributed by atoms with van der Waals surface area (Å²) in [5, 5.41) is 17.9. The van der Waals surface area contributed by atoms with Gasteiger partial charge in [-0.05, 0) is 31.5 Å². The molecule has 114 valence electrons. The van der Waals surface area contributed by atoms with Gasteiger partial charge in [0.25, 0.3) is 0 Å². The Kier molecular flexibility index (Phi) is 5.57. The summed E-state index contributed by atoms with van der Waals surface area (Å²) < 4.78 is 0. The second kappa shape index (κ2) is 7.64. The van der Waals surface area contributed by atoms with E-state index in [0.29, 0.717) is 0 Å². The van der Waals surface area contributed by atoms with Crippen molar-refractivity contribution in [2.75, 3.05) is 13.1 Å². The minimum Gasteiger partial charge on any atom is -0.481 e. The van der Waals surface area contributed by atoms with Crippen LogP contribution in [0.1, 0.15) is 30.9 Å². The van der Waals surface area contributed by atoms with Crippen molar-refractivity contribution in [3.8, 4) is 0 Å². The lowest BCUT2D eigenvalue weighted by molar-refractivity contribution is -0.137. The molecule has 1 unspecified atom stereocenters. The van der Waals surface area contributed by atoms with Gasteiger partial charge in [-0.15, -0.1) is 0 Å². The van der Waals surface area contributed by atoms with E-state index in [4.69, 9.17) is 5.11 Å². The summed E-state index contributed by atoms with van der Waals surface area (Å²) >= 11 is 0. The number of nitrogens with one attached hydrogen (secondary N) is 3. The number of piperidine rings is 1. The Balaban J connectivity index is 1.94. The Hall–Kier alpha value is -2.08. The van der Waals surface area contributed by atoms with E-state index in [1.54, 1.807) is 0 Å². The number of carbonyl (C=O) groups is 2. The third-order valence-electron chi connectivity index (χ3n) is 3.56. The van der Waals surface area contributed by atoms with Crippen LogP contribution < -0.4 is 16.0 Å². The van der Waals surface area contributed by atoms with Crippen molar-refractivity contribution in [1.82, 2.24) is 16.0 Å². The van der Waals surface area contributed by atoms with Crippen LogP contribution in [0.25, 0.3) is 0 Å². The van der Waals surface area contributed by atoms with Gasteiger partial charge in [-0.2, -0.15) is 0 Å². The van der Waals surface area contributed by atoms with E-state index in [1.807, 2.05) is 30.3 Å². The molecule has 1 aromatic carbocycles. The molecule has 1 aliphatic rings. The van der Waals surface area contributed by atoms with Crippen molar-refractivity contribution < 1.29 is 14.7 Å². The van der Waals surface area contributed by atoms with Gasteiger partial charge in [-0.25, -0.2) is 4.79 Å². The van der Waals surface area contributed by atoms with Crippen LogP contribution in [-0.4, -0.2) is 36.2 Å². The van der Waals surface area contributed by atoms with Gasteiger partial charge >= 0.3 is 12.0 Å². The van der Waals surface area contributed by atoms with E-state index < -0.39 is 12.0 Å². The normalized spacial score (nSPS) is 17.0. The van der Waals surface area contributed by atoms with Crippen molar-refractivity contribution in [3.63, 3.8) is 0 Å². The van der Waals surface area contributed by atoms with Gasteiger partial charge in [0.15, 0.2) is 0 Å². The average molecular weight is 291 g/mol. The molecule has 1 aromatic rings. The third-order valence-corrected chi connectivity index (χ3v) is 3.56. The molecular formula is C15H21N3O3. The number of rotatable bonds is 5. The van der Waals surface area contributed by atoms with E-state index in [2.05, 4.69) is 16.0 Å². The highest BCUT2D eigenvalue weighted by Gasteiger charge is 2.20. The highest BCUT2D eigenvalue weighted by molar-refractivity contribution is 5.76. The first kappa shape index (κ1) is 15.3. The smallest absolute Gasteiger partial charge is 0.315 e. The summed E-state index contributed by atoms with van der Waals surface area (Å²) in [7, 11) is 0. The Labute approximate surface area is 123 Å². The number of amides is 2. The first-order valence-corrected chi connectivity index (χ1v) is 7.19. The van der Waals surface area contributed by atoms with Crippen LogP contribution in [0.15, 0.2) is 30.3 Å². The predicted molar refractivity (Wildman–Crippen MR) is 79.0 cm³/mol. The van der Waals surface area contributed by atoms with Crippen molar-refractivity contribution >= 4 is 12.0 Å². The average Bonchev–Trinajstić information content (AvgIpc) is 2.48. The molecule has 0 radical (unpaired) electrons. The summed E-state index contributed by atoms with van der Waals surface area (Å²) in [6, 6.07) is 8.47. The number of hydrogen-bond acceptors (Lipinski definition) is 3. The monoisotopic (exact) mass is 291 g/mol. The number of carboxylic acid groups (broad SMARTS) is 1. The van der Waals surface area contributed by atoms with Crippen LogP contribution in [0.3, 0.4) is 0 Å². The quantitative estimate of drug-likeness (QED) is 0.657. The van der Waals surface area contributed by atoms with Crippen molar-refractivity contribution in [2.45, 2.75) is 31.3 Å². The van der Waals surface area contributed by atoms with Gasteiger partial charge in [0.2, 0.25) is 0 Å². The minimum atomic E-state index is -0.939. The first-order chi connectivity index (χ1) is 10.1. The molecule has 0 bridgehead atoms. The fraction of sp³-hybridized carbons (Fsp3) is 0.467. The maximum absolute atomic E-state index is 12.0. The largest absolute Gasteiger partial charge is 0.481 e. The Morgan fingerprint density at radius 1 is 1.24 bits per heavy atom. The highest BCUT2D eigenvalue weighted by Crippen LogP contribution is 2.16. The van der Waals surface area contributed by atoms with Gasteiger partial charge in [0, 0.05) is 6.04 Å². The first-order valence-electron chi connectivity index (χ1n) is 7.19. The van der Waals surface area contributed by atoms with Crippen molar-refractivity contribution in [3.05, 3.63) is 35.9 Å². The molecule has 6 nitrogen and oxygen atoms in total. The van der Waals surface area contributed by atoms with Crippen LogP contribution >= 0.6 is 0 Å². The zero-order valence-electron chi connectivity index (χ0n) is 11.8. The van der Waals surface area contributed by atoms with Gasteiger partial charge < -0.3 is 21.1 Å². The molecule has 2 rings (SSSR count). The lowest BCUT2D eigenvalue weighted by Gasteiger charge is -2.25. The molecule has 2 amide bonds. The van der Waals surface area contributed by atoms with Crippen LogP contribution in [0, 0.1) is 0 Å². The molecule has 1 saturated heterocycles. The summed E-state index contributed by atoms with van der Waals surface area (Å²) in [5.41, 5.74) is 0.792. The van der Waals surface area contributed by atoms with Crippen molar-refractivity contribution in [2.24, 2.45) is 0 Å². The van der Waals surface area contributed by atoms with Gasteiger partial charge in [0.05, 0.1) is 12.5 Å². The van der Waals surface area contributed by atoms with Gasteiger partial charge in [-0.3, -0.25) is 4.79 Å². The molecule has 1 aliphatic heterocycles. The SMILES string of the molecule is O=C(O)CC(NC(=O)NC1CCNCC1)c1ccccc1. The summed E-state index contributed by atoms with van der Waals surface area (Å²) in [4.78, 5) is 23.0. The molecule has 0 spiro atoms. The second-order valence-electron chi connectivity index (χ2n) is 5.20. The maximum atomic E-state index is 12.0. The number of carboxylic acids is 1. The summed E-state index contributed by atoms with van der Waals surface area (Å²) in [6.07, 6.45) is 1.65. The number of benzene rings is 1. The molecule has 21 heavy (non-hydrogen) atoms. The Morgan fingerprint density at radius 3 is 2.52 bits per heavy atom. The molecule has 1 heterocycles. The molecular weight excluding hydrogens is 270 g/mol. The number of carbonyl (C=O) groups excluding carboxylic acids is 1. The third kappa shape index (κ3) is 5.07.